The number of imide groups is 1. The van der Waals surface area contributed by atoms with Crippen molar-refractivity contribution in [2.45, 2.75) is 45.1 Å². The van der Waals surface area contributed by atoms with Gasteiger partial charge >= 0.3 is 18.0 Å². The smallest absolute Gasteiger partial charge is 0.338 e. The second-order valence-electron chi connectivity index (χ2n) is 11.7. The van der Waals surface area contributed by atoms with Crippen LogP contribution in [0.4, 0.5) is 24.1 Å². The van der Waals surface area contributed by atoms with Crippen LogP contribution in [0, 0.1) is 17.6 Å². The molecule has 0 bridgehead atoms. The van der Waals surface area contributed by atoms with Crippen LogP contribution >= 0.6 is 0 Å². The molecule has 2 aliphatic rings. The van der Waals surface area contributed by atoms with Crippen molar-refractivity contribution in [2.75, 3.05) is 52.3 Å². The molecule has 0 saturated carbocycles. The molecule has 0 unspecified atom stereocenters. The first-order valence-corrected chi connectivity index (χ1v) is 15.3. The van der Waals surface area contributed by atoms with Crippen molar-refractivity contribution in [3.05, 3.63) is 76.5 Å². The van der Waals surface area contributed by atoms with Crippen molar-refractivity contribution < 1.29 is 37.4 Å². The summed E-state index contributed by atoms with van der Waals surface area (Å²) in [6.07, 6.45) is 2.49. The minimum atomic E-state index is -1.39. The fourth-order valence-electron chi connectivity index (χ4n) is 5.71. The third-order valence-electron chi connectivity index (χ3n) is 8.17. The number of rotatable bonds is 11. The summed E-state index contributed by atoms with van der Waals surface area (Å²) >= 11 is 0. The average Bonchev–Trinajstić information content (AvgIpc) is 3.04. The number of ether oxygens (including phenoxy) is 2. The quantitative estimate of drug-likeness (QED) is 0.240. The second-order valence-corrected chi connectivity index (χ2v) is 11.7. The number of carbonyl (C=O) groups excluding carboxylic acids is 4. The Morgan fingerprint density at radius 2 is 1.76 bits per heavy atom. The van der Waals surface area contributed by atoms with Gasteiger partial charge in [0.15, 0.2) is 11.6 Å². The number of nitrogens with zero attached hydrogens (tertiary/aromatic N) is 2. The molecule has 3 N–H and O–H groups in total. The van der Waals surface area contributed by atoms with Crippen molar-refractivity contribution in [1.29, 1.82) is 0 Å². The topological polar surface area (TPSA) is 129 Å². The Morgan fingerprint density at radius 1 is 1.02 bits per heavy atom. The Hall–Kier alpha value is -4.36. The van der Waals surface area contributed by atoms with E-state index in [0.717, 1.165) is 55.8 Å². The Labute approximate surface area is 267 Å². The van der Waals surface area contributed by atoms with E-state index in [-0.39, 0.29) is 41.8 Å². The summed E-state index contributed by atoms with van der Waals surface area (Å²) in [6.45, 7) is 6.19. The maximum Gasteiger partial charge on any atom is 0.338 e. The van der Waals surface area contributed by atoms with Gasteiger partial charge in [-0.05, 0) is 80.2 Å². The van der Waals surface area contributed by atoms with E-state index in [1.165, 1.54) is 18.7 Å². The first-order valence-electron chi connectivity index (χ1n) is 15.3. The van der Waals surface area contributed by atoms with Crippen LogP contribution in [0.2, 0.25) is 0 Å². The minimum Gasteiger partial charge on any atom is -0.466 e. The van der Waals surface area contributed by atoms with Crippen LogP contribution in [0.25, 0.3) is 0 Å². The molecule has 0 radical (unpaired) electrons. The average molecular weight is 642 g/mol. The molecule has 4 rings (SSSR count). The van der Waals surface area contributed by atoms with Crippen molar-refractivity contribution in [1.82, 2.24) is 20.4 Å². The predicted molar refractivity (Wildman–Crippen MR) is 167 cm³/mol. The SMILES string of the molecule is COCC1=C(C(=O)OC)[C@H](c2ccc(F)c(F)c2)N(C(=O)NCCCN2CCC(c3cccc(NC(=O)C(C)C)c3)CC2)C(=O)N1. The van der Waals surface area contributed by atoms with E-state index in [1.54, 1.807) is 0 Å². The lowest BCUT2D eigenvalue weighted by Gasteiger charge is -2.36. The van der Waals surface area contributed by atoms with Gasteiger partial charge in [-0.2, -0.15) is 0 Å². The van der Waals surface area contributed by atoms with Crippen molar-refractivity contribution >= 4 is 29.6 Å². The van der Waals surface area contributed by atoms with Gasteiger partial charge in [0.1, 0.15) is 6.04 Å². The maximum atomic E-state index is 14.3. The van der Waals surface area contributed by atoms with E-state index >= 15 is 0 Å². The number of carbonyl (C=O) groups is 4. The third-order valence-corrected chi connectivity index (χ3v) is 8.17. The van der Waals surface area contributed by atoms with Crippen LogP contribution in [0.3, 0.4) is 0 Å². The van der Waals surface area contributed by atoms with Gasteiger partial charge in [-0.3, -0.25) is 4.79 Å². The van der Waals surface area contributed by atoms with Crippen LogP contribution in [0.1, 0.15) is 56.2 Å². The molecular weight excluding hydrogens is 600 g/mol. The molecule has 1 atom stereocenters. The molecule has 5 amide bonds. The number of anilines is 1. The molecule has 13 heteroatoms. The van der Waals surface area contributed by atoms with E-state index in [2.05, 4.69) is 26.9 Å². The van der Waals surface area contributed by atoms with Crippen molar-refractivity contribution in [2.24, 2.45) is 5.92 Å². The first kappa shape index (κ1) is 34.5. The van der Waals surface area contributed by atoms with Crippen molar-refractivity contribution in [3.63, 3.8) is 0 Å². The highest BCUT2D eigenvalue weighted by Gasteiger charge is 2.43. The zero-order chi connectivity index (χ0) is 33.4. The van der Waals surface area contributed by atoms with Crippen LogP contribution in [0.15, 0.2) is 53.7 Å². The van der Waals surface area contributed by atoms with Crippen LogP contribution in [-0.2, 0) is 19.1 Å². The molecule has 248 valence electrons. The number of hydrogen-bond acceptors (Lipinski definition) is 7. The summed E-state index contributed by atoms with van der Waals surface area (Å²) < 4.78 is 38.1. The highest BCUT2D eigenvalue weighted by atomic mass is 19.2. The lowest BCUT2D eigenvalue weighted by Crippen LogP contribution is -2.55. The van der Waals surface area contributed by atoms with E-state index in [9.17, 15) is 28.0 Å². The van der Waals surface area contributed by atoms with Gasteiger partial charge in [-0.25, -0.2) is 28.1 Å². The number of halogens is 2. The molecule has 2 heterocycles. The monoisotopic (exact) mass is 641 g/mol. The Bertz CT molecular complexity index is 1470. The summed E-state index contributed by atoms with van der Waals surface area (Å²) in [5, 5.41) is 8.19. The minimum absolute atomic E-state index is 0.00798. The predicted octanol–water partition coefficient (Wildman–Crippen LogP) is 4.68. The number of methoxy groups -OCH3 is 2. The molecule has 0 aliphatic carbocycles. The summed E-state index contributed by atoms with van der Waals surface area (Å²) in [5.41, 5.74) is 1.91. The summed E-state index contributed by atoms with van der Waals surface area (Å²) in [5.74, 6) is -2.93. The van der Waals surface area contributed by atoms with E-state index in [0.29, 0.717) is 18.9 Å². The number of hydrogen-bond donors (Lipinski definition) is 3. The molecule has 46 heavy (non-hydrogen) atoms. The number of likely N-dealkylation sites (tertiary alicyclic amines) is 1. The number of urea groups is 2. The van der Waals surface area contributed by atoms with Crippen LogP contribution in [-0.4, -0.2) is 80.7 Å². The van der Waals surface area contributed by atoms with Gasteiger partial charge in [0.05, 0.1) is 25.0 Å². The fraction of sp³-hybridized carbons (Fsp3) is 0.455. The van der Waals surface area contributed by atoms with Gasteiger partial charge < -0.3 is 30.3 Å². The van der Waals surface area contributed by atoms with Crippen molar-refractivity contribution in [3.8, 4) is 0 Å². The number of esters is 1. The number of benzene rings is 2. The molecular formula is C33H41F2N5O6. The molecule has 1 saturated heterocycles. The number of nitrogens with one attached hydrogen (secondary N) is 3. The summed E-state index contributed by atoms with van der Waals surface area (Å²) in [6, 6.07) is 7.83. The molecule has 2 aliphatic heterocycles. The normalized spacial score (nSPS) is 17.6. The highest BCUT2D eigenvalue weighted by Crippen LogP contribution is 2.35. The molecule has 1 fully saturated rings. The van der Waals surface area contributed by atoms with E-state index < -0.39 is 35.7 Å². The third kappa shape index (κ3) is 8.26. The fourth-order valence-corrected chi connectivity index (χ4v) is 5.71. The Morgan fingerprint density at radius 3 is 2.41 bits per heavy atom. The van der Waals surface area contributed by atoms with Crippen LogP contribution < -0.4 is 16.0 Å². The number of piperidine rings is 1. The highest BCUT2D eigenvalue weighted by molar-refractivity contribution is 6.01. The molecule has 0 aromatic heterocycles. The van der Waals surface area contributed by atoms with Gasteiger partial charge in [0.25, 0.3) is 0 Å². The molecule has 2 aromatic carbocycles. The Balaban J connectivity index is 1.36. The van der Waals surface area contributed by atoms with Gasteiger partial charge in [-0.1, -0.05) is 32.0 Å². The Kier molecular flexibility index (Phi) is 11.8. The van der Waals surface area contributed by atoms with Gasteiger partial charge in [-0.15, -0.1) is 0 Å². The van der Waals surface area contributed by atoms with E-state index in [4.69, 9.17) is 9.47 Å². The van der Waals surface area contributed by atoms with Crippen LogP contribution in [0.5, 0.6) is 0 Å². The zero-order valence-corrected chi connectivity index (χ0v) is 26.5. The molecule has 11 nitrogen and oxygen atoms in total. The van der Waals surface area contributed by atoms with Gasteiger partial charge in [0.2, 0.25) is 5.91 Å². The van der Waals surface area contributed by atoms with E-state index in [1.807, 2.05) is 32.0 Å². The number of amides is 5. The first-order chi connectivity index (χ1) is 22.0. The molecule has 2 aromatic rings. The lowest BCUT2D eigenvalue weighted by atomic mass is 9.89. The summed E-state index contributed by atoms with van der Waals surface area (Å²) in [4.78, 5) is 54.6. The summed E-state index contributed by atoms with van der Waals surface area (Å²) in [7, 11) is 2.49. The standard InChI is InChI=1S/C33H41F2N5O6/c1-20(2)30(41)37-24-8-5-7-22(17-24)21-11-15-39(16-12-21)14-6-13-36-32(43)40-29(23-9-10-25(34)26(35)18-23)28(31(42)46-4)27(19-45-3)38-33(40)44/h5,7-10,17-18,20-21,29H,6,11-16,19H2,1-4H3,(H,36,43)(H,37,41)(H,38,44)/t29-/m0/s1. The maximum absolute atomic E-state index is 14.3. The molecule has 0 spiro atoms. The lowest BCUT2D eigenvalue weighted by molar-refractivity contribution is -0.137. The van der Waals surface area contributed by atoms with Gasteiger partial charge in [0, 0.05) is 25.3 Å². The largest absolute Gasteiger partial charge is 0.466 e. The zero-order valence-electron chi connectivity index (χ0n) is 26.5. The second kappa shape index (κ2) is 15.8.